The second-order valence-electron chi connectivity index (χ2n) is 9.99. The number of benzene rings is 1. The quantitative estimate of drug-likeness (QED) is 0.499. The van der Waals surface area contributed by atoms with E-state index in [4.69, 9.17) is 0 Å². The van der Waals surface area contributed by atoms with E-state index >= 15 is 0 Å². The number of urea groups is 1. The van der Waals surface area contributed by atoms with E-state index in [-0.39, 0.29) is 36.1 Å². The summed E-state index contributed by atoms with van der Waals surface area (Å²) in [6.07, 6.45) is -0.703. The molecule has 0 spiro atoms. The highest BCUT2D eigenvalue weighted by Crippen LogP contribution is 2.42. The predicted molar refractivity (Wildman–Crippen MR) is 127 cm³/mol. The Balaban J connectivity index is 1.74. The first-order chi connectivity index (χ1) is 17.0. The minimum absolute atomic E-state index is 0.0473. The zero-order valence-electron chi connectivity index (χ0n) is 20.4. The number of halogens is 3. The molecule has 0 bridgehead atoms. The van der Waals surface area contributed by atoms with Crippen LogP contribution in [-0.2, 0) is 15.8 Å². The highest BCUT2D eigenvalue weighted by molar-refractivity contribution is 6.03. The van der Waals surface area contributed by atoms with E-state index in [0.717, 1.165) is 18.9 Å². The summed E-state index contributed by atoms with van der Waals surface area (Å²) in [5, 5.41) is 5.53. The molecule has 4 rings (SSSR count). The molecule has 0 saturated heterocycles. The number of nitrogens with one attached hydrogen (secondary N) is 2. The predicted octanol–water partition coefficient (Wildman–Crippen LogP) is 3.99. The van der Waals surface area contributed by atoms with Gasteiger partial charge in [0.25, 0.3) is 5.91 Å². The van der Waals surface area contributed by atoms with E-state index < -0.39 is 35.8 Å². The lowest BCUT2D eigenvalue weighted by atomic mass is 9.91. The summed E-state index contributed by atoms with van der Waals surface area (Å²) in [4.78, 5) is 42.7. The largest absolute Gasteiger partial charge is 0.416 e. The molecule has 36 heavy (non-hydrogen) atoms. The first-order valence-corrected chi connectivity index (χ1v) is 12.2. The molecule has 3 aliphatic rings. The van der Waals surface area contributed by atoms with Crippen LogP contribution >= 0.6 is 0 Å². The fourth-order valence-corrected chi connectivity index (χ4v) is 4.83. The number of carbonyl (C=O) groups excluding carboxylic acids is 3. The van der Waals surface area contributed by atoms with Crippen molar-refractivity contribution in [3.63, 3.8) is 0 Å². The SMILES string of the molecule is C=CCN1C(=O)N[C@H](c2ccccc2C(F)(F)F)C2=C1CN([C@@H](CC(C)C)C(=O)NCC1CC1)C2=O. The van der Waals surface area contributed by atoms with Gasteiger partial charge in [-0.3, -0.25) is 14.5 Å². The zero-order chi connectivity index (χ0) is 26.2. The van der Waals surface area contributed by atoms with Crippen molar-refractivity contribution in [1.29, 1.82) is 0 Å². The lowest BCUT2D eigenvalue weighted by Gasteiger charge is -2.33. The maximum Gasteiger partial charge on any atom is 0.416 e. The van der Waals surface area contributed by atoms with Crippen LogP contribution in [0.2, 0.25) is 0 Å². The van der Waals surface area contributed by atoms with Crippen LogP contribution in [0.4, 0.5) is 18.0 Å². The third kappa shape index (κ3) is 5.12. The van der Waals surface area contributed by atoms with Gasteiger partial charge in [-0.2, -0.15) is 13.2 Å². The van der Waals surface area contributed by atoms with Crippen molar-refractivity contribution in [2.75, 3.05) is 19.6 Å². The molecule has 1 aliphatic carbocycles. The van der Waals surface area contributed by atoms with Gasteiger partial charge in [0.05, 0.1) is 29.4 Å². The van der Waals surface area contributed by atoms with Gasteiger partial charge in [-0.25, -0.2) is 4.79 Å². The normalized spacial score (nSPS) is 21.0. The summed E-state index contributed by atoms with van der Waals surface area (Å²) < 4.78 is 41.5. The first kappa shape index (κ1) is 25.8. The van der Waals surface area contributed by atoms with Crippen LogP contribution in [0.25, 0.3) is 0 Å². The zero-order valence-corrected chi connectivity index (χ0v) is 20.4. The number of hydrogen-bond donors (Lipinski definition) is 2. The lowest BCUT2D eigenvalue weighted by molar-refractivity contribution is -0.139. The molecule has 194 valence electrons. The Labute approximate surface area is 208 Å². The van der Waals surface area contributed by atoms with Gasteiger partial charge >= 0.3 is 12.2 Å². The standard InChI is InChI=1S/C26H31F3N4O3/c1-4-11-32-20-14-33(19(12-15(2)3)23(34)30-13-16-9-10-16)24(35)21(20)22(31-25(32)36)17-7-5-6-8-18(17)26(27,28)29/h4-8,15-16,19,22H,1,9-14H2,2-3H3,(H,30,34)(H,31,36)/t19-,22+/m0/s1. The summed E-state index contributed by atoms with van der Waals surface area (Å²) in [5.74, 6) is -0.306. The van der Waals surface area contributed by atoms with E-state index in [1.807, 2.05) is 13.8 Å². The van der Waals surface area contributed by atoms with E-state index in [9.17, 15) is 27.6 Å². The lowest BCUT2D eigenvalue weighted by Crippen LogP contribution is -2.49. The molecule has 7 nitrogen and oxygen atoms in total. The molecule has 1 fully saturated rings. The van der Waals surface area contributed by atoms with Crippen LogP contribution < -0.4 is 10.6 Å². The second-order valence-corrected chi connectivity index (χ2v) is 9.99. The second kappa shape index (κ2) is 9.99. The fourth-order valence-electron chi connectivity index (χ4n) is 4.83. The average molecular weight is 505 g/mol. The third-order valence-electron chi connectivity index (χ3n) is 6.77. The minimum atomic E-state index is -4.68. The Hall–Kier alpha value is -3.30. The molecule has 2 heterocycles. The molecule has 2 N–H and O–H groups in total. The molecule has 1 saturated carbocycles. The van der Waals surface area contributed by atoms with Crippen molar-refractivity contribution in [1.82, 2.24) is 20.4 Å². The molecule has 1 aromatic rings. The molecule has 4 amide bonds. The third-order valence-corrected chi connectivity index (χ3v) is 6.77. The monoisotopic (exact) mass is 504 g/mol. The number of amides is 4. The number of rotatable bonds is 9. The van der Waals surface area contributed by atoms with Crippen molar-refractivity contribution >= 4 is 17.8 Å². The first-order valence-electron chi connectivity index (χ1n) is 12.2. The van der Waals surface area contributed by atoms with Crippen molar-refractivity contribution < 1.29 is 27.6 Å². The molecular weight excluding hydrogens is 473 g/mol. The van der Waals surface area contributed by atoms with E-state index in [1.54, 1.807) is 0 Å². The maximum absolute atomic E-state index is 13.8. The minimum Gasteiger partial charge on any atom is -0.354 e. The van der Waals surface area contributed by atoms with Gasteiger partial charge in [0.15, 0.2) is 0 Å². The summed E-state index contributed by atoms with van der Waals surface area (Å²) in [5.41, 5.74) is -0.782. The van der Waals surface area contributed by atoms with Crippen LogP contribution in [0, 0.1) is 11.8 Å². The van der Waals surface area contributed by atoms with Gasteiger partial charge in [-0.15, -0.1) is 6.58 Å². The average Bonchev–Trinajstić information content (AvgIpc) is 3.59. The maximum atomic E-state index is 13.8. The molecule has 10 heteroatoms. The van der Waals surface area contributed by atoms with Crippen LogP contribution in [0.3, 0.4) is 0 Å². The van der Waals surface area contributed by atoms with Crippen LogP contribution in [0.15, 0.2) is 48.2 Å². The van der Waals surface area contributed by atoms with E-state index in [2.05, 4.69) is 17.2 Å². The van der Waals surface area contributed by atoms with E-state index in [0.29, 0.717) is 24.6 Å². The topological polar surface area (TPSA) is 81.8 Å². The molecular formula is C26H31F3N4O3. The smallest absolute Gasteiger partial charge is 0.354 e. The van der Waals surface area contributed by atoms with Gasteiger partial charge in [0.1, 0.15) is 6.04 Å². The van der Waals surface area contributed by atoms with Gasteiger partial charge in [0, 0.05) is 13.1 Å². The number of nitrogens with zero attached hydrogens (tertiary/aromatic N) is 2. The molecule has 0 radical (unpaired) electrons. The van der Waals surface area contributed by atoms with Gasteiger partial charge < -0.3 is 15.5 Å². The van der Waals surface area contributed by atoms with Crippen molar-refractivity contribution in [3.05, 3.63) is 59.3 Å². The Bertz CT molecular complexity index is 1090. The summed E-state index contributed by atoms with van der Waals surface area (Å²) in [7, 11) is 0. The number of carbonyl (C=O) groups is 3. The Morgan fingerprint density at radius 1 is 1.25 bits per heavy atom. The van der Waals surface area contributed by atoms with Gasteiger partial charge in [0.2, 0.25) is 5.91 Å². The molecule has 2 aliphatic heterocycles. The Morgan fingerprint density at radius 3 is 2.56 bits per heavy atom. The summed E-state index contributed by atoms with van der Waals surface area (Å²) >= 11 is 0. The van der Waals surface area contributed by atoms with E-state index in [1.165, 1.54) is 34.1 Å². The summed E-state index contributed by atoms with van der Waals surface area (Å²) in [6, 6.07) is 2.19. The molecule has 2 atom stereocenters. The van der Waals surface area contributed by atoms with Crippen molar-refractivity contribution in [2.45, 2.75) is 51.4 Å². The van der Waals surface area contributed by atoms with Crippen LogP contribution in [-0.4, -0.2) is 53.3 Å². The molecule has 1 aromatic carbocycles. The Morgan fingerprint density at radius 2 is 1.94 bits per heavy atom. The van der Waals surface area contributed by atoms with Crippen LogP contribution in [0.1, 0.15) is 50.3 Å². The molecule has 0 unspecified atom stereocenters. The summed E-state index contributed by atoms with van der Waals surface area (Å²) in [6.45, 7) is 8.09. The highest BCUT2D eigenvalue weighted by atomic mass is 19.4. The van der Waals surface area contributed by atoms with Crippen molar-refractivity contribution in [2.24, 2.45) is 11.8 Å². The molecule has 0 aromatic heterocycles. The number of hydrogen-bond acceptors (Lipinski definition) is 3. The van der Waals surface area contributed by atoms with Crippen molar-refractivity contribution in [3.8, 4) is 0 Å². The van der Waals surface area contributed by atoms with Gasteiger partial charge in [-0.05, 0) is 42.7 Å². The van der Waals surface area contributed by atoms with Gasteiger partial charge in [-0.1, -0.05) is 38.1 Å². The van der Waals surface area contributed by atoms with Crippen LogP contribution in [0.5, 0.6) is 0 Å². The number of alkyl halides is 3. The fraction of sp³-hybridized carbons (Fsp3) is 0.500. The Kier molecular flexibility index (Phi) is 7.15. The highest BCUT2D eigenvalue weighted by Gasteiger charge is 2.48.